The van der Waals surface area contributed by atoms with E-state index in [1.54, 1.807) is 0 Å². The SMILES string of the molecule is CC.CC.CC.CC.CC.CC.CC(C)(c1ccccc1)c1ccccc1.c1ccc(-c2ccccc2)cc1.c1ccc(Cc2ccccc2)cc1. The van der Waals surface area contributed by atoms with Crippen LogP contribution in [-0.2, 0) is 11.8 Å². The van der Waals surface area contributed by atoms with Crippen molar-refractivity contribution in [2.45, 2.75) is 109 Å². The van der Waals surface area contributed by atoms with Gasteiger partial charge in [-0.05, 0) is 39.8 Å². The first-order valence-electron chi connectivity index (χ1n) is 19.9. The second-order valence-corrected chi connectivity index (χ2v) is 10.2. The van der Waals surface area contributed by atoms with Gasteiger partial charge in [-0.2, -0.15) is 0 Å². The molecule has 0 nitrogen and oxygen atoms in total. The van der Waals surface area contributed by atoms with E-state index in [-0.39, 0.29) is 5.41 Å². The third kappa shape index (κ3) is 22.2. The maximum Gasteiger partial charge on any atom is 0.0146 e. The molecule has 0 fully saturated rings. The molecule has 0 aliphatic rings. The molecule has 0 heterocycles. The molecular formula is C52H74. The number of rotatable bonds is 5. The van der Waals surface area contributed by atoms with Crippen LogP contribution in [0.4, 0.5) is 0 Å². The Morgan fingerprint density at radius 1 is 0.269 bits per heavy atom. The average molecular weight is 699 g/mol. The van der Waals surface area contributed by atoms with Crippen LogP contribution in [0.2, 0.25) is 0 Å². The van der Waals surface area contributed by atoms with E-state index in [1.807, 2.05) is 95.2 Å². The predicted molar refractivity (Wildman–Crippen MR) is 241 cm³/mol. The van der Waals surface area contributed by atoms with Crippen LogP contribution in [0.25, 0.3) is 11.1 Å². The molecule has 0 aliphatic heterocycles. The van der Waals surface area contributed by atoms with E-state index in [1.165, 1.54) is 33.4 Å². The molecule has 0 bridgehead atoms. The number of hydrogen-bond donors (Lipinski definition) is 0. The van der Waals surface area contributed by atoms with Crippen LogP contribution in [0.1, 0.15) is 119 Å². The first kappa shape index (κ1) is 51.7. The summed E-state index contributed by atoms with van der Waals surface area (Å²) in [6.07, 6.45) is 1.03. The van der Waals surface area contributed by atoms with Crippen LogP contribution < -0.4 is 0 Å². The molecule has 6 aromatic rings. The first-order chi connectivity index (χ1) is 25.6. The summed E-state index contributed by atoms with van der Waals surface area (Å²) in [5, 5.41) is 0. The lowest BCUT2D eigenvalue weighted by atomic mass is 9.78. The second kappa shape index (κ2) is 37.6. The van der Waals surface area contributed by atoms with Gasteiger partial charge >= 0.3 is 0 Å². The highest BCUT2D eigenvalue weighted by Gasteiger charge is 2.21. The number of benzene rings is 6. The Labute approximate surface area is 323 Å². The van der Waals surface area contributed by atoms with Gasteiger partial charge in [0, 0.05) is 5.41 Å². The fourth-order valence-corrected chi connectivity index (χ4v) is 4.56. The van der Waals surface area contributed by atoms with Crippen molar-refractivity contribution in [1.82, 2.24) is 0 Å². The Hall–Kier alpha value is -4.68. The minimum Gasteiger partial charge on any atom is -0.0683 e. The van der Waals surface area contributed by atoms with Crippen molar-refractivity contribution in [3.05, 3.63) is 204 Å². The summed E-state index contributed by atoms with van der Waals surface area (Å²) in [6, 6.07) is 63.1. The van der Waals surface area contributed by atoms with Gasteiger partial charge in [0.2, 0.25) is 0 Å². The maximum absolute atomic E-state index is 2.26. The van der Waals surface area contributed by atoms with Gasteiger partial charge < -0.3 is 0 Å². The average Bonchev–Trinajstić information content (AvgIpc) is 3.27. The van der Waals surface area contributed by atoms with E-state index >= 15 is 0 Å². The van der Waals surface area contributed by atoms with E-state index in [9.17, 15) is 0 Å². The molecular weight excluding hydrogens is 625 g/mol. The molecule has 0 spiro atoms. The highest BCUT2D eigenvalue weighted by Crippen LogP contribution is 2.30. The molecule has 282 valence electrons. The Morgan fingerprint density at radius 2 is 0.462 bits per heavy atom. The summed E-state index contributed by atoms with van der Waals surface area (Å²) in [4.78, 5) is 0. The van der Waals surface area contributed by atoms with Crippen LogP contribution in [0, 0.1) is 0 Å². The van der Waals surface area contributed by atoms with Gasteiger partial charge in [-0.1, -0.05) is 279 Å². The van der Waals surface area contributed by atoms with Crippen molar-refractivity contribution >= 4 is 0 Å². The lowest BCUT2D eigenvalue weighted by Crippen LogP contribution is -2.18. The van der Waals surface area contributed by atoms with E-state index in [4.69, 9.17) is 0 Å². The maximum atomic E-state index is 2.26. The Morgan fingerprint density at radius 3 is 0.692 bits per heavy atom. The highest BCUT2D eigenvalue weighted by molar-refractivity contribution is 5.62. The van der Waals surface area contributed by atoms with Gasteiger partial charge in [-0.3, -0.25) is 0 Å². The van der Waals surface area contributed by atoms with Crippen LogP contribution in [0.15, 0.2) is 182 Å². The van der Waals surface area contributed by atoms with Crippen LogP contribution in [0.5, 0.6) is 0 Å². The molecule has 52 heavy (non-hydrogen) atoms. The van der Waals surface area contributed by atoms with Crippen molar-refractivity contribution in [3.8, 4) is 11.1 Å². The minimum atomic E-state index is 0.0858. The van der Waals surface area contributed by atoms with E-state index < -0.39 is 0 Å². The third-order valence-corrected chi connectivity index (χ3v) is 6.97. The molecule has 0 unspecified atom stereocenters. The summed E-state index contributed by atoms with van der Waals surface area (Å²) in [5.41, 5.74) is 8.09. The topological polar surface area (TPSA) is 0 Å². The molecule has 0 radical (unpaired) electrons. The smallest absolute Gasteiger partial charge is 0.0146 e. The third-order valence-electron chi connectivity index (χ3n) is 6.97. The molecule has 0 heteroatoms. The van der Waals surface area contributed by atoms with Crippen LogP contribution >= 0.6 is 0 Å². The zero-order chi connectivity index (χ0) is 39.9. The summed E-state index contributed by atoms with van der Waals surface area (Å²) in [6.45, 7) is 28.5. The molecule has 0 amide bonds. The molecule has 0 saturated heterocycles. The first-order valence-corrected chi connectivity index (χ1v) is 19.9. The summed E-state index contributed by atoms with van der Waals surface area (Å²) in [7, 11) is 0. The lowest BCUT2D eigenvalue weighted by molar-refractivity contribution is 0.641. The molecule has 0 atom stereocenters. The van der Waals surface area contributed by atoms with Crippen molar-refractivity contribution in [2.24, 2.45) is 0 Å². The molecule has 0 N–H and O–H groups in total. The Kier molecular flexibility index (Phi) is 37.3. The number of hydrogen-bond acceptors (Lipinski definition) is 0. The minimum absolute atomic E-state index is 0.0858. The van der Waals surface area contributed by atoms with Crippen LogP contribution in [-0.4, -0.2) is 0 Å². The molecule has 0 aliphatic carbocycles. The summed E-state index contributed by atoms with van der Waals surface area (Å²) < 4.78 is 0. The largest absolute Gasteiger partial charge is 0.0683 e. The summed E-state index contributed by atoms with van der Waals surface area (Å²) >= 11 is 0. The molecule has 6 aromatic carbocycles. The Balaban J connectivity index is -0.000000606. The standard InChI is InChI=1S/C15H16.C13H12.C12H10.6C2H6/c1-15(2,13-9-5-3-6-10-13)14-11-7-4-8-12-14;1-3-7-12(8-4-1)11-13-9-5-2-6-10-13;1-3-7-11(8-4-1)12-9-5-2-6-10-12;6*1-2/h3-12H,1-2H3;1-10H,11H2;1-10H;6*1-2H3. The second-order valence-electron chi connectivity index (χ2n) is 10.2. The van der Waals surface area contributed by atoms with Gasteiger partial charge in [-0.15, -0.1) is 0 Å². The zero-order valence-electron chi connectivity index (χ0n) is 35.5. The quantitative estimate of drug-likeness (QED) is 0.168. The van der Waals surface area contributed by atoms with Crippen molar-refractivity contribution in [2.75, 3.05) is 0 Å². The van der Waals surface area contributed by atoms with Crippen molar-refractivity contribution < 1.29 is 0 Å². The monoisotopic (exact) mass is 699 g/mol. The van der Waals surface area contributed by atoms with E-state index in [2.05, 4.69) is 184 Å². The van der Waals surface area contributed by atoms with E-state index in [0.717, 1.165) is 6.42 Å². The lowest BCUT2D eigenvalue weighted by Gasteiger charge is -2.25. The van der Waals surface area contributed by atoms with Gasteiger partial charge in [0.25, 0.3) is 0 Å². The van der Waals surface area contributed by atoms with Gasteiger partial charge in [0.1, 0.15) is 0 Å². The molecule has 6 rings (SSSR count). The van der Waals surface area contributed by atoms with Gasteiger partial charge in [0.05, 0.1) is 0 Å². The normalized spacial score (nSPS) is 8.65. The Bertz CT molecular complexity index is 1360. The predicted octanol–water partition coefficient (Wildman–Crippen LogP) is 16.8. The van der Waals surface area contributed by atoms with Gasteiger partial charge in [-0.25, -0.2) is 0 Å². The van der Waals surface area contributed by atoms with Gasteiger partial charge in [0.15, 0.2) is 0 Å². The van der Waals surface area contributed by atoms with Crippen molar-refractivity contribution in [1.29, 1.82) is 0 Å². The highest BCUT2D eigenvalue weighted by atomic mass is 14.2. The molecule has 0 saturated carbocycles. The summed E-state index contributed by atoms with van der Waals surface area (Å²) in [5.74, 6) is 0. The fraction of sp³-hybridized carbons (Fsp3) is 0.308. The van der Waals surface area contributed by atoms with Crippen LogP contribution in [0.3, 0.4) is 0 Å². The zero-order valence-corrected chi connectivity index (χ0v) is 35.5. The molecule has 0 aromatic heterocycles. The van der Waals surface area contributed by atoms with Crippen molar-refractivity contribution in [3.63, 3.8) is 0 Å². The van der Waals surface area contributed by atoms with E-state index in [0.29, 0.717) is 0 Å². The fourth-order valence-electron chi connectivity index (χ4n) is 4.56.